The second-order valence-electron chi connectivity index (χ2n) is 6.17. The maximum absolute atomic E-state index is 12.8. The van der Waals surface area contributed by atoms with Gasteiger partial charge in [0.2, 0.25) is 5.91 Å². The van der Waals surface area contributed by atoms with Crippen LogP contribution in [0.1, 0.15) is 35.4 Å². The summed E-state index contributed by atoms with van der Waals surface area (Å²) in [5.74, 6) is -0.539. The van der Waals surface area contributed by atoms with Crippen LogP contribution in [0, 0.1) is 6.92 Å². The molecule has 0 radical (unpaired) electrons. The number of carbonyl (C=O) groups excluding carboxylic acids is 2. The number of piperidine rings is 1. The Kier molecular flexibility index (Phi) is 5.74. The van der Waals surface area contributed by atoms with Crippen LogP contribution in [0.15, 0.2) is 30.6 Å². The molecule has 6 nitrogen and oxygen atoms in total. The first-order chi connectivity index (χ1) is 12.5. The van der Waals surface area contributed by atoms with E-state index in [0.717, 1.165) is 18.5 Å². The Morgan fingerprint density at radius 2 is 1.96 bits per heavy atom. The summed E-state index contributed by atoms with van der Waals surface area (Å²) in [5.41, 5.74) is 1.51. The first kappa shape index (κ1) is 18.6. The molecule has 8 heteroatoms. The number of carbonyl (C=O) groups is 2. The van der Waals surface area contributed by atoms with Gasteiger partial charge in [-0.15, -0.1) is 0 Å². The Balaban J connectivity index is 1.77. The minimum Gasteiger partial charge on any atom is -0.325 e. The van der Waals surface area contributed by atoms with Gasteiger partial charge in [0.05, 0.1) is 21.9 Å². The lowest BCUT2D eigenvalue weighted by molar-refractivity contribution is -0.121. The molecule has 0 aliphatic carbocycles. The lowest BCUT2D eigenvalue weighted by Gasteiger charge is -2.34. The van der Waals surface area contributed by atoms with Crippen LogP contribution in [-0.4, -0.2) is 39.3 Å². The third kappa shape index (κ3) is 4.14. The highest BCUT2D eigenvalue weighted by Gasteiger charge is 2.33. The molecule has 1 aliphatic rings. The summed E-state index contributed by atoms with van der Waals surface area (Å²) in [6.07, 6.45) is 5.31. The highest BCUT2D eigenvalue weighted by molar-refractivity contribution is 6.42. The van der Waals surface area contributed by atoms with Gasteiger partial charge in [0.25, 0.3) is 5.91 Å². The maximum atomic E-state index is 12.8. The summed E-state index contributed by atoms with van der Waals surface area (Å²) >= 11 is 11.9. The SMILES string of the molecule is Cc1cnc(C(=O)N2CCCCC2C(=O)Nc2ccc(Cl)c(Cl)c2)cn1. The van der Waals surface area contributed by atoms with E-state index in [-0.39, 0.29) is 17.5 Å². The maximum Gasteiger partial charge on any atom is 0.274 e. The summed E-state index contributed by atoms with van der Waals surface area (Å²) < 4.78 is 0. The van der Waals surface area contributed by atoms with Gasteiger partial charge in [-0.05, 0) is 44.4 Å². The van der Waals surface area contributed by atoms with Gasteiger partial charge < -0.3 is 10.2 Å². The topological polar surface area (TPSA) is 75.2 Å². The van der Waals surface area contributed by atoms with E-state index in [1.807, 2.05) is 0 Å². The van der Waals surface area contributed by atoms with Gasteiger partial charge in [-0.3, -0.25) is 14.6 Å². The molecule has 0 bridgehead atoms. The molecule has 26 heavy (non-hydrogen) atoms. The highest BCUT2D eigenvalue weighted by atomic mass is 35.5. The second kappa shape index (κ2) is 8.01. The van der Waals surface area contributed by atoms with Gasteiger partial charge in [0.1, 0.15) is 11.7 Å². The molecule has 2 aromatic rings. The van der Waals surface area contributed by atoms with Crippen molar-refractivity contribution in [3.05, 3.63) is 52.0 Å². The van der Waals surface area contributed by atoms with E-state index >= 15 is 0 Å². The molecule has 1 N–H and O–H groups in total. The van der Waals surface area contributed by atoms with E-state index in [1.165, 1.54) is 6.20 Å². The molecule has 2 heterocycles. The van der Waals surface area contributed by atoms with E-state index in [9.17, 15) is 9.59 Å². The van der Waals surface area contributed by atoms with Crippen LogP contribution in [-0.2, 0) is 4.79 Å². The number of aryl methyl sites for hydroxylation is 1. The zero-order chi connectivity index (χ0) is 18.7. The molecule has 136 valence electrons. The van der Waals surface area contributed by atoms with Crippen LogP contribution in [0.25, 0.3) is 0 Å². The highest BCUT2D eigenvalue weighted by Crippen LogP contribution is 2.26. The Bertz CT molecular complexity index is 826. The minimum absolute atomic E-state index is 0.241. The van der Waals surface area contributed by atoms with E-state index in [4.69, 9.17) is 23.2 Å². The van der Waals surface area contributed by atoms with Gasteiger partial charge in [0, 0.05) is 18.4 Å². The van der Waals surface area contributed by atoms with Crippen LogP contribution in [0.4, 0.5) is 5.69 Å². The fourth-order valence-electron chi connectivity index (χ4n) is 2.90. The number of benzene rings is 1. The van der Waals surface area contributed by atoms with Crippen molar-refractivity contribution >= 4 is 40.7 Å². The van der Waals surface area contributed by atoms with E-state index < -0.39 is 6.04 Å². The zero-order valence-electron chi connectivity index (χ0n) is 14.2. The molecular formula is C18H18Cl2N4O2. The average molecular weight is 393 g/mol. The number of hydrogen-bond acceptors (Lipinski definition) is 4. The molecule has 1 aromatic carbocycles. The predicted molar refractivity (Wildman–Crippen MR) is 101 cm³/mol. The van der Waals surface area contributed by atoms with Gasteiger partial charge in [-0.1, -0.05) is 23.2 Å². The van der Waals surface area contributed by atoms with Crippen molar-refractivity contribution < 1.29 is 9.59 Å². The standard InChI is InChI=1S/C18H18Cl2N4O2/c1-11-9-22-15(10-21-11)18(26)24-7-3-2-4-16(24)17(25)23-12-5-6-13(19)14(20)8-12/h5-6,8-10,16H,2-4,7H2,1H3,(H,23,25). The second-order valence-corrected chi connectivity index (χ2v) is 6.99. The molecule has 3 rings (SSSR count). The van der Waals surface area contributed by atoms with Crippen LogP contribution >= 0.6 is 23.2 Å². The molecule has 1 saturated heterocycles. The molecule has 1 aromatic heterocycles. The summed E-state index contributed by atoms with van der Waals surface area (Å²) in [5, 5.41) is 3.58. The average Bonchev–Trinajstić information content (AvgIpc) is 2.65. The van der Waals surface area contributed by atoms with Crippen LogP contribution < -0.4 is 5.32 Å². The van der Waals surface area contributed by atoms with E-state index in [1.54, 1.807) is 36.2 Å². The van der Waals surface area contributed by atoms with Crippen molar-refractivity contribution in [3.8, 4) is 0 Å². The molecule has 1 unspecified atom stereocenters. The van der Waals surface area contributed by atoms with Crippen molar-refractivity contribution in [2.75, 3.05) is 11.9 Å². The lowest BCUT2D eigenvalue weighted by Crippen LogP contribution is -2.50. The first-order valence-electron chi connectivity index (χ1n) is 8.31. The van der Waals surface area contributed by atoms with Crippen LogP contribution in [0.3, 0.4) is 0 Å². The number of likely N-dealkylation sites (tertiary alicyclic amines) is 1. The number of nitrogens with zero attached hydrogens (tertiary/aromatic N) is 3. The molecule has 0 spiro atoms. The Hall–Kier alpha value is -2.18. The quantitative estimate of drug-likeness (QED) is 0.863. The number of aromatic nitrogens is 2. The van der Waals surface area contributed by atoms with Crippen LogP contribution in [0.5, 0.6) is 0 Å². The summed E-state index contributed by atoms with van der Waals surface area (Å²) in [7, 11) is 0. The first-order valence-corrected chi connectivity index (χ1v) is 9.07. The Morgan fingerprint density at radius 3 is 2.65 bits per heavy atom. The van der Waals surface area contributed by atoms with Gasteiger partial charge >= 0.3 is 0 Å². The number of rotatable bonds is 3. The number of hydrogen-bond donors (Lipinski definition) is 1. The monoisotopic (exact) mass is 392 g/mol. The van der Waals surface area contributed by atoms with Crippen molar-refractivity contribution in [2.24, 2.45) is 0 Å². The molecule has 0 saturated carbocycles. The lowest BCUT2D eigenvalue weighted by atomic mass is 10.0. The fourth-order valence-corrected chi connectivity index (χ4v) is 3.19. The smallest absolute Gasteiger partial charge is 0.274 e. The van der Waals surface area contributed by atoms with E-state index in [0.29, 0.717) is 28.7 Å². The normalized spacial score (nSPS) is 17.0. The molecule has 1 atom stereocenters. The van der Waals surface area contributed by atoms with Crippen molar-refractivity contribution in [3.63, 3.8) is 0 Å². The molecule has 1 aliphatic heterocycles. The summed E-state index contributed by atoms with van der Waals surface area (Å²) in [6, 6.07) is 4.31. The van der Waals surface area contributed by atoms with Crippen LogP contribution in [0.2, 0.25) is 10.0 Å². The minimum atomic E-state index is -0.561. The van der Waals surface area contributed by atoms with Crippen molar-refractivity contribution in [2.45, 2.75) is 32.2 Å². The number of anilines is 1. The number of amides is 2. The third-order valence-electron chi connectivity index (χ3n) is 4.25. The molecular weight excluding hydrogens is 375 g/mol. The van der Waals surface area contributed by atoms with Crippen molar-refractivity contribution in [1.82, 2.24) is 14.9 Å². The van der Waals surface area contributed by atoms with Gasteiger partial charge in [-0.2, -0.15) is 0 Å². The van der Waals surface area contributed by atoms with Gasteiger partial charge in [-0.25, -0.2) is 4.98 Å². The Labute approximate surface area is 161 Å². The predicted octanol–water partition coefficient (Wildman–Crippen LogP) is 3.73. The Morgan fingerprint density at radius 1 is 1.15 bits per heavy atom. The molecule has 2 amide bonds. The third-order valence-corrected chi connectivity index (χ3v) is 4.99. The number of nitrogens with one attached hydrogen (secondary N) is 1. The fraction of sp³-hybridized carbons (Fsp3) is 0.333. The van der Waals surface area contributed by atoms with Gasteiger partial charge in [0.15, 0.2) is 0 Å². The van der Waals surface area contributed by atoms with E-state index in [2.05, 4.69) is 15.3 Å². The number of halogens is 2. The zero-order valence-corrected chi connectivity index (χ0v) is 15.7. The largest absolute Gasteiger partial charge is 0.325 e. The summed E-state index contributed by atoms with van der Waals surface area (Å²) in [4.78, 5) is 35.3. The summed E-state index contributed by atoms with van der Waals surface area (Å²) in [6.45, 7) is 2.31. The van der Waals surface area contributed by atoms with Crippen molar-refractivity contribution in [1.29, 1.82) is 0 Å². The molecule has 1 fully saturated rings.